The number of methoxy groups -OCH3 is 1. The second kappa shape index (κ2) is 19.5. The van der Waals surface area contributed by atoms with Crippen LogP contribution in [-0.2, 0) is 23.8 Å². The van der Waals surface area contributed by atoms with E-state index < -0.39 is 11.7 Å². The summed E-state index contributed by atoms with van der Waals surface area (Å²) in [5.41, 5.74) is -0.848. The molecule has 230 valence electrons. The zero-order valence-electron chi connectivity index (χ0n) is 26.2. The number of amides is 1. The number of hydrogen-bond donors (Lipinski definition) is 1. The fraction of sp³-hybridized carbons (Fsp3) is 0.897. The SMILES string of the molecule is CC(C)(C)O.CC(C)=O.CCOC(=O)N(CC=O)C1(C)CCN(CC(OC)C2CCO2)CC1.CN1CCCC1. The van der Waals surface area contributed by atoms with Crippen molar-refractivity contribution in [3.05, 3.63) is 0 Å². The van der Waals surface area contributed by atoms with Crippen LogP contribution in [-0.4, -0.2) is 128 Å². The molecular weight excluding hydrogens is 502 g/mol. The zero-order chi connectivity index (χ0) is 30.1. The molecule has 10 nitrogen and oxygen atoms in total. The Kier molecular flexibility index (Phi) is 18.7. The van der Waals surface area contributed by atoms with Gasteiger partial charge in [0.25, 0.3) is 0 Å². The summed E-state index contributed by atoms with van der Waals surface area (Å²) in [6, 6.07) is 0. The second-order valence-corrected chi connectivity index (χ2v) is 11.8. The molecule has 0 aromatic heterocycles. The molecule has 2 unspecified atom stereocenters. The van der Waals surface area contributed by atoms with Gasteiger partial charge in [0.15, 0.2) is 0 Å². The minimum absolute atomic E-state index is 0.0753. The molecule has 39 heavy (non-hydrogen) atoms. The average molecular weight is 560 g/mol. The minimum atomic E-state index is -0.500. The molecule has 3 aliphatic rings. The van der Waals surface area contributed by atoms with Gasteiger partial charge < -0.3 is 38.7 Å². The Morgan fingerprint density at radius 1 is 1.15 bits per heavy atom. The minimum Gasteiger partial charge on any atom is -0.450 e. The number of piperidine rings is 1. The highest BCUT2D eigenvalue weighted by Gasteiger charge is 2.40. The molecule has 0 aromatic carbocycles. The molecule has 0 spiro atoms. The Morgan fingerprint density at radius 3 is 1.95 bits per heavy atom. The number of Topliss-reactive ketones (excluding diaryl/α,β-unsaturated/α-hetero) is 1. The van der Waals surface area contributed by atoms with Gasteiger partial charge >= 0.3 is 6.09 Å². The lowest BCUT2D eigenvalue weighted by molar-refractivity contribution is -0.136. The first-order valence-corrected chi connectivity index (χ1v) is 14.3. The van der Waals surface area contributed by atoms with Crippen LogP contribution in [0.15, 0.2) is 0 Å². The van der Waals surface area contributed by atoms with Crippen molar-refractivity contribution in [3.63, 3.8) is 0 Å². The lowest BCUT2D eigenvalue weighted by atomic mass is 9.87. The Labute approximate surface area is 237 Å². The Bertz CT molecular complexity index is 671. The number of carbonyl (C=O) groups is 3. The third-order valence-electron chi connectivity index (χ3n) is 6.55. The van der Waals surface area contributed by atoms with Gasteiger partial charge in [-0.2, -0.15) is 0 Å². The number of aliphatic hydroxyl groups is 1. The highest BCUT2D eigenvalue weighted by atomic mass is 16.6. The summed E-state index contributed by atoms with van der Waals surface area (Å²) >= 11 is 0. The van der Waals surface area contributed by atoms with Crippen LogP contribution in [0.4, 0.5) is 4.79 Å². The van der Waals surface area contributed by atoms with E-state index in [0.717, 1.165) is 51.8 Å². The number of likely N-dealkylation sites (tertiary alicyclic amines) is 2. The maximum absolute atomic E-state index is 12.2. The molecule has 3 heterocycles. The van der Waals surface area contributed by atoms with Crippen molar-refractivity contribution < 1.29 is 33.7 Å². The number of aldehydes is 1. The molecule has 1 amide bonds. The first-order valence-electron chi connectivity index (χ1n) is 14.3. The van der Waals surface area contributed by atoms with Crippen LogP contribution in [0, 0.1) is 0 Å². The van der Waals surface area contributed by atoms with Gasteiger partial charge in [0.05, 0.1) is 31.0 Å². The maximum Gasteiger partial charge on any atom is 0.410 e. The van der Waals surface area contributed by atoms with Crippen LogP contribution in [0.5, 0.6) is 0 Å². The van der Waals surface area contributed by atoms with E-state index in [1.807, 2.05) is 6.92 Å². The quantitative estimate of drug-likeness (QED) is 0.448. The van der Waals surface area contributed by atoms with Crippen LogP contribution in [0.25, 0.3) is 0 Å². The van der Waals surface area contributed by atoms with Crippen LogP contribution in [0.2, 0.25) is 0 Å². The van der Waals surface area contributed by atoms with Crippen LogP contribution in [0.3, 0.4) is 0 Å². The third kappa shape index (κ3) is 17.7. The Hall–Kier alpha value is -1.59. The highest BCUT2D eigenvalue weighted by Crippen LogP contribution is 2.30. The summed E-state index contributed by atoms with van der Waals surface area (Å²) in [7, 11) is 3.90. The Balaban J connectivity index is 0.000000780. The molecule has 0 aliphatic carbocycles. The van der Waals surface area contributed by atoms with E-state index in [-0.39, 0.29) is 30.1 Å². The van der Waals surface area contributed by atoms with Crippen molar-refractivity contribution in [2.24, 2.45) is 0 Å². The van der Waals surface area contributed by atoms with E-state index in [2.05, 4.69) is 16.8 Å². The van der Waals surface area contributed by atoms with Gasteiger partial charge in [-0.25, -0.2) is 4.79 Å². The monoisotopic (exact) mass is 559 g/mol. The van der Waals surface area contributed by atoms with Crippen LogP contribution < -0.4 is 0 Å². The summed E-state index contributed by atoms with van der Waals surface area (Å²) < 4.78 is 16.2. The van der Waals surface area contributed by atoms with Gasteiger partial charge in [-0.3, -0.25) is 4.90 Å². The van der Waals surface area contributed by atoms with Crippen LogP contribution >= 0.6 is 0 Å². The van der Waals surface area contributed by atoms with Crippen molar-refractivity contribution in [1.29, 1.82) is 0 Å². The lowest BCUT2D eigenvalue weighted by Gasteiger charge is -2.46. The van der Waals surface area contributed by atoms with E-state index in [0.29, 0.717) is 6.61 Å². The lowest BCUT2D eigenvalue weighted by Crippen LogP contribution is -2.57. The second-order valence-electron chi connectivity index (χ2n) is 11.8. The summed E-state index contributed by atoms with van der Waals surface area (Å²) in [5.74, 6) is 0.167. The van der Waals surface area contributed by atoms with E-state index in [1.54, 1.807) is 39.7 Å². The van der Waals surface area contributed by atoms with Crippen molar-refractivity contribution >= 4 is 18.2 Å². The molecule has 3 saturated heterocycles. The van der Waals surface area contributed by atoms with E-state index in [9.17, 15) is 14.4 Å². The zero-order valence-corrected chi connectivity index (χ0v) is 26.2. The normalized spacial score (nSPS) is 21.3. The molecule has 0 radical (unpaired) electrons. The van der Waals surface area contributed by atoms with Gasteiger partial charge in [0, 0.05) is 38.9 Å². The van der Waals surface area contributed by atoms with Gasteiger partial charge in [-0.05, 0) is 101 Å². The van der Waals surface area contributed by atoms with E-state index >= 15 is 0 Å². The number of rotatable bonds is 8. The standard InChI is InChI=1S/C17H30N2O5.C5H11N.C4H10O.C3H6O/c1-4-23-16(21)19(10-11-20)17(2)6-8-18(9-7-17)13-15(22-3)14-5-12-24-14;1-6-4-2-3-5-6;1-4(2,3)5;1-3(2)4/h11,14-15H,4-10,12-13H2,1-3H3;2-5H2,1H3;5H,1-3H3;1-2H3. The molecule has 3 fully saturated rings. The van der Waals surface area contributed by atoms with E-state index in [4.69, 9.17) is 19.3 Å². The van der Waals surface area contributed by atoms with Gasteiger partial charge in [0.1, 0.15) is 12.1 Å². The first-order chi connectivity index (χ1) is 18.2. The van der Waals surface area contributed by atoms with Crippen molar-refractivity contribution in [2.75, 3.05) is 66.6 Å². The molecular formula is C29H57N3O7. The predicted octanol–water partition coefficient (Wildman–Crippen LogP) is 3.39. The van der Waals surface area contributed by atoms with Gasteiger partial charge in [0.2, 0.25) is 0 Å². The predicted molar refractivity (Wildman–Crippen MR) is 154 cm³/mol. The fourth-order valence-corrected chi connectivity index (χ4v) is 4.30. The van der Waals surface area contributed by atoms with Crippen molar-refractivity contribution in [1.82, 2.24) is 14.7 Å². The summed E-state index contributed by atoms with van der Waals surface area (Å²) in [5, 5.41) is 8.52. The molecule has 1 N–H and O–H groups in total. The largest absolute Gasteiger partial charge is 0.450 e. The topological polar surface area (TPSA) is 109 Å². The highest BCUT2D eigenvalue weighted by molar-refractivity contribution is 5.72. The number of hydrogen-bond acceptors (Lipinski definition) is 9. The smallest absolute Gasteiger partial charge is 0.410 e. The average Bonchev–Trinajstić information content (AvgIpc) is 3.27. The molecule has 0 aromatic rings. The summed E-state index contributed by atoms with van der Waals surface area (Å²) in [6.45, 7) is 18.5. The molecule has 0 saturated carbocycles. The molecule has 0 bridgehead atoms. The molecule has 10 heteroatoms. The van der Waals surface area contributed by atoms with E-state index in [1.165, 1.54) is 39.8 Å². The molecule has 3 aliphatic heterocycles. The van der Waals surface area contributed by atoms with Crippen molar-refractivity contribution in [3.8, 4) is 0 Å². The number of ether oxygens (including phenoxy) is 3. The third-order valence-corrected chi connectivity index (χ3v) is 6.55. The number of carbonyl (C=O) groups excluding carboxylic acids is 3. The number of ketones is 1. The van der Waals surface area contributed by atoms with Crippen molar-refractivity contribution in [2.45, 2.75) is 104 Å². The maximum atomic E-state index is 12.2. The Morgan fingerprint density at radius 2 is 1.64 bits per heavy atom. The summed E-state index contributed by atoms with van der Waals surface area (Å²) in [4.78, 5) is 38.9. The fourth-order valence-electron chi connectivity index (χ4n) is 4.30. The summed E-state index contributed by atoms with van der Waals surface area (Å²) in [6.07, 6.45) is 6.16. The first kappa shape index (κ1) is 37.4. The van der Waals surface area contributed by atoms with Crippen LogP contribution in [0.1, 0.15) is 80.6 Å². The van der Waals surface area contributed by atoms with Gasteiger partial charge in [-0.15, -0.1) is 0 Å². The molecule has 3 rings (SSSR count). The molecule has 2 atom stereocenters. The number of nitrogens with zero attached hydrogens (tertiary/aromatic N) is 3. The van der Waals surface area contributed by atoms with Gasteiger partial charge in [-0.1, -0.05) is 0 Å².